The topological polar surface area (TPSA) is 68.5 Å². The predicted molar refractivity (Wildman–Crippen MR) is 80.5 cm³/mol. The van der Waals surface area contributed by atoms with Gasteiger partial charge < -0.3 is 5.32 Å². The molecule has 0 saturated carbocycles. The lowest BCUT2D eigenvalue weighted by Gasteiger charge is -2.15. The summed E-state index contributed by atoms with van der Waals surface area (Å²) in [6, 6.07) is 12.2. The highest BCUT2D eigenvalue weighted by Crippen LogP contribution is 2.23. The number of pyridine rings is 1. The molecule has 0 aliphatic heterocycles. The van der Waals surface area contributed by atoms with E-state index < -0.39 is 0 Å². The number of nitrogens with zero attached hydrogens (tertiary/aromatic N) is 5. The van der Waals surface area contributed by atoms with Gasteiger partial charge in [0.2, 0.25) is 0 Å². The van der Waals surface area contributed by atoms with Crippen LogP contribution in [0.15, 0.2) is 48.8 Å². The Labute approximate surface area is 122 Å². The molecule has 6 heteroatoms. The van der Waals surface area contributed by atoms with Crippen molar-refractivity contribution < 1.29 is 0 Å². The maximum Gasteiger partial charge on any atom is 0.181 e. The molecule has 0 radical (unpaired) electrons. The average molecular weight is 280 g/mol. The fourth-order valence-electron chi connectivity index (χ4n) is 2.19. The lowest BCUT2D eigenvalue weighted by atomic mass is 10.1. The number of hydrogen-bond acceptors (Lipinski definition) is 5. The van der Waals surface area contributed by atoms with Crippen LogP contribution in [0.25, 0.3) is 11.4 Å². The Balaban J connectivity index is 1.82. The van der Waals surface area contributed by atoms with Gasteiger partial charge in [-0.15, -0.1) is 5.10 Å². The first-order valence-electron chi connectivity index (χ1n) is 6.73. The zero-order valence-electron chi connectivity index (χ0n) is 11.9. The summed E-state index contributed by atoms with van der Waals surface area (Å²) in [6.07, 6.45) is 3.64. The van der Waals surface area contributed by atoms with Gasteiger partial charge in [-0.1, -0.05) is 18.2 Å². The molecule has 0 aliphatic carbocycles. The van der Waals surface area contributed by atoms with Crippen molar-refractivity contribution in [3.63, 3.8) is 0 Å². The third-order valence-electron chi connectivity index (χ3n) is 3.31. The summed E-state index contributed by atoms with van der Waals surface area (Å²) in [6.45, 7) is 2.10. The van der Waals surface area contributed by atoms with Crippen LogP contribution in [-0.4, -0.2) is 25.2 Å². The second-order valence-corrected chi connectivity index (χ2v) is 4.86. The molecule has 1 unspecified atom stereocenters. The second kappa shape index (κ2) is 5.70. The van der Waals surface area contributed by atoms with Gasteiger partial charge in [0, 0.05) is 30.7 Å². The van der Waals surface area contributed by atoms with E-state index in [4.69, 9.17) is 0 Å². The molecule has 2 aromatic heterocycles. The Morgan fingerprint density at radius 3 is 2.81 bits per heavy atom. The van der Waals surface area contributed by atoms with Gasteiger partial charge in [-0.2, -0.15) is 0 Å². The van der Waals surface area contributed by atoms with E-state index in [1.165, 1.54) is 0 Å². The van der Waals surface area contributed by atoms with Crippen LogP contribution in [-0.2, 0) is 7.05 Å². The lowest BCUT2D eigenvalue weighted by Crippen LogP contribution is -2.07. The maximum atomic E-state index is 4.15. The smallest absolute Gasteiger partial charge is 0.181 e. The van der Waals surface area contributed by atoms with E-state index in [1.54, 1.807) is 10.9 Å². The molecule has 6 nitrogen and oxygen atoms in total. The van der Waals surface area contributed by atoms with Crippen molar-refractivity contribution in [2.24, 2.45) is 7.05 Å². The molecule has 1 N–H and O–H groups in total. The molecule has 0 aliphatic rings. The predicted octanol–water partition coefficient (Wildman–Crippen LogP) is 2.45. The van der Waals surface area contributed by atoms with Crippen LogP contribution in [0.3, 0.4) is 0 Å². The molecule has 0 spiro atoms. The van der Waals surface area contributed by atoms with Crippen LogP contribution in [0.2, 0.25) is 0 Å². The number of nitrogens with one attached hydrogen (secondary N) is 1. The summed E-state index contributed by atoms with van der Waals surface area (Å²) in [4.78, 5) is 4.15. The fourth-order valence-corrected chi connectivity index (χ4v) is 2.19. The van der Waals surface area contributed by atoms with E-state index in [0.717, 1.165) is 22.6 Å². The number of benzene rings is 1. The average Bonchev–Trinajstić information content (AvgIpc) is 2.94. The number of aryl methyl sites for hydroxylation is 1. The van der Waals surface area contributed by atoms with Crippen molar-refractivity contribution in [3.8, 4) is 11.4 Å². The first-order chi connectivity index (χ1) is 10.2. The maximum absolute atomic E-state index is 4.15. The first-order valence-corrected chi connectivity index (χ1v) is 6.73. The van der Waals surface area contributed by atoms with Crippen LogP contribution < -0.4 is 5.32 Å². The molecule has 3 aromatic rings. The van der Waals surface area contributed by atoms with Crippen LogP contribution >= 0.6 is 0 Å². The van der Waals surface area contributed by atoms with E-state index in [0.29, 0.717) is 0 Å². The third kappa shape index (κ3) is 2.89. The van der Waals surface area contributed by atoms with Crippen molar-refractivity contribution >= 4 is 5.69 Å². The molecule has 0 bridgehead atoms. The summed E-state index contributed by atoms with van der Waals surface area (Å²) in [5.74, 6) is 0.743. The van der Waals surface area contributed by atoms with E-state index in [2.05, 4.69) is 38.8 Å². The first kappa shape index (κ1) is 13.2. The Morgan fingerprint density at radius 2 is 2.10 bits per heavy atom. The van der Waals surface area contributed by atoms with Crippen molar-refractivity contribution in [3.05, 3.63) is 54.4 Å². The molecule has 1 atom stereocenters. The van der Waals surface area contributed by atoms with Gasteiger partial charge in [-0.05, 0) is 41.1 Å². The minimum absolute atomic E-state index is 0.173. The van der Waals surface area contributed by atoms with E-state index in [1.807, 2.05) is 43.6 Å². The summed E-state index contributed by atoms with van der Waals surface area (Å²) >= 11 is 0. The number of anilines is 1. The monoisotopic (exact) mass is 280 g/mol. The highest BCUT2D eigenvalue weighted by molar-refractivity contribution is 5.62. The summed E-state index contributed by atoms with van der Waals surface area (Å²) in [7, 11) is 1.83. The largest absolute Gasteiger partial charge is 0.378 e. The van der Waals surface area contributed by atoms with Crippen LogP contribution in [0, 0.1) is 0 Å². The Morgan fingerprint density at radius 1 is 1.19 bits per heavy atom. The van der Waals surface area contributed by atoms with Gasteiger partial charge in [0.25, 0.3) is 0 Å². The summed E-state index contributed by atoms with van der Waals surface area (Å²) in [5, 5.41) is 15.0. The minimum Gasteiger partial charge on any atom is -0.378 e. The standard InChI is InChI=1S/C15H16N6/c1-11(13-6-4-8-16-10-13)17-14-7-3-5-12(9-14)15-18-19-20-21(15)2/h3-11,17H,1-2H3. The van der Waals surface area contributed by atoms with E-state index in [9.17, 15) is 0 Å². The van der Waals surface area contributed by atoms with Gasteiger partial charge in [-0.25, -0.2) is 4.68 Å². The summed E-state index contributed by atoms with van der Waals surface area (Å²) < 4.78 is 1.66. The molecule has 1 aromatic carbocycles. The highest BCUT2D eigenvalue weighted by Gasteiger charge is 2.08. The minimum atomic E-state index is 0.173. The van der Waals surface area contributed by atoms with Crippen molar-refractivity contribution in [2.75, 3.05) is 5.32 Å². The Bertz CT molecular complexity index is 722. The van der Waals surface area contributed by atoms with Crippen LogP contribution in [0.5, 0.6) is 0 Å². The molecule has 0 fully saturated rings. The Kier molecular flexibility index (Phi) is 3.59. The van der Waals surface area contributed by atoms with Crippen molar-refractivity contribution in [2.45, 2.75) is 13.0 Å². The SMILES string of the molecule is CC(Nc1cccc(-c2nnnn2C)c1)c1cccnc1. The molecule has 3 rings (SSSR count). The van der Waals surface area contributed by atoms with Crippen molar-refractivity contribution in [1.29, 1.82) is 0 Å². The molecular formula is C15H16N6. The fraction of sp³-hybridized carbons (Fsp3) is 0.200. The van der Waals surface area contributed by atoms with Gasteiger partial charge in [0.05, 0.1) is 6.04 Å². The lowest BCUT2D eigenvalue weighted by molar-refractivity contribution is 0.714. The normalized spacial score (nSPS) is 12.1. The van der Waals surface area contributed by atoms with E-state index >= 15 is 0 Å². The van der Waals surface area contributed by atoms with Crippen molar-refractivity contribution in [1.82, 2.24) is 25.2 Å². The number of aromatic nitrogens is 5. The number of tetrazole rings is 1. The van der Waals surface area contributed by atoms with Gasteiger partial charge >= 0.3 is 0 Å². The molecule has 2 heterocycles. The molecule has 106 valence electrons. The van der Waals surface area contributed by atoms with Gasteiger partial charge in [-0.3, -0.25) is 4.98 Å². The van der Waals surface area contributed by atoms with Crippen LogP contribution in [0.1, 0.15) is 18.5 Å². The zero-order valence-corrected chi connectivity index (χ0v) is 11.9. The zero-order chi connectivity index (χ0) is 14.7. The quantitative estimate of drug-likeness (QED) is 0.795. The molecule has 0 saturated heterocycles. The second-order valence-electron chi connectivity index (χ2n) is 4.86. The van der Waals surface area contributed by atoms with E-state index in [-0.39, 0.29) is 6.04 Å². The van der Waals surface area contributed by atoms with Gasteiger partial charge in [0.15, 0.2) is 5.82 Å². The summed E-state index contributed by atoms with van der Waals surface area (Å²) in [5.41, 5.74) is 3.14. The van der Waals surface area contributed by atoms with Crippen LogP contribution in [0.4, 0.5) is 5.69 Å². The molecule has 21 heavy (non-hydrogen) atoms. The number of hydrogen-bond donors (Lipinski definition) is 1. The van der Waals surface area contributed by atoms with Gasteiger partial charge in [0.1, 0.15) is 0 Å². The number of rotatable bonds is 4. The Hall–Kier alpha value is -2.76. The molecule has 0 amide bonds. The third-order valence-corrected chi connectivity index (χ3v) is 3.31. The highest BCUT2D eigenvalue weighted by atomic mass is 15.5. The molecular weight excluding hydrogens is 264 g/mol.